The minimum Gasteiger partial charge on any atom is -0.508 e. The van der Waals surface area contributed by atoms with Crippen molar-refractivity contribution in [2.75, 3.05) is 31.6 Å². The maximum atomic E-state index is 13.0. The molecule has 0 aromatic heterocycles. The van der Waals surface area contributed by atoms with Crippen molar-refractivity contribution in [1.82, 2.24) is 26.6 Å². The van der Waals surface area contributed by atoms with Gasteiger partial charge in [0.1, 0.15) is 23.9 Å². The molecule has 0 aliphatic carbocycles. The summed E-state index contributed by atoms with van der Waals surface area (Å²) in [6.45, 7) is -1.39. The summed E-state index contributed by atoms with van der Waals surface area (Å²) in [5.74, 6) is -4.03. The van der Waals surface area contributed by atoms with E-state index >= 15 is 0 Å². The highest BCUT2D eigenvalue weighted by Gasteiger charge is 2.27. The molecular formula is C29H38N6O8S. The lowest BCUT2D eigenvalue weighted by atomic mass is 10.0. The normalized spacial score (nSPS) is 12.6. The second kappa shape index (κ2) is 18.8. The highest BCUT2D eigenvalue weighted by Crippen LogP contribution is 2.11. The predicted molar refractivity (Wildman–Crippen MR) is 163 cm³/mol. The van der Waals surface area contributed by atoms with Gasteiger partial charge in [-0.15, -0.1) is 0 Å². The molecule has 5 amide bonds. The number of carbonyl (C=O) groups is 6. The van der Waals surface area contributed by atoms with Crippen molar-refractivity contribution in [1.29, 1.82) is 0 Å². The van der Waals surface area contributed by atoms with Crippen LogP contribution in [0.3, 0.4) is 0 Å². The number of benzene rings is 2. The molecule has 2 rings (SSSR count). The third-order valence-corrected chi connectivity index (χ3v) is 6.89. The zero-order valence-electron chi connectivity index (χ0n) is 24.2. The molecule has 0 fully saturated rings. The topological polar surface area (TPSA) is 229 Å². The van der Waals surface area contributed by atoms with Crippen LogP contribution in [0.15, 0.2) is 54.6 Å². The third kappa shape index (κ3) is 13.1. The summed E-state index contributed by atoms with van der Waals surface area (Å²) in [6, 6.07) is 11.5. The molecule has 2 aromatic rings. The molecule has 0 heterocycles. The summed E-state index contributed by atoms with van der Waals surface area (Å²) in [4.78, 5) is 74.3. The second-order valence-electron chi connectivity index (χ2n) is 9.68. The Kier molecular flexibility index (Phi) is 15.2. The highest BCUT2D eigenvalue weighted by atomic mass is 32.2. The van der Waals surface area contributed by atoms with Crippen molar-refractivity contribution >= 4 is 47.3 Å². The number of aliphatic carboxylic acids is 1. The van der Waals surface area contributed by atoms with E-state index in [-0.39, 0.29) is 31.6 Å². The van der Waals surface area contributed by atoms with Crippen LogP contribution in [-0.2, 0) is 41.6 Å². The van der Waals surface area contributed by atoms with Gasteiger partial charge in [0.2, 0.25) is 29.5 Å². The first-order valence-electron chi connectivity index (χ1n) is 13.7. The molecule has 3 atom stereocenters. The predicted octanol–water partition coefficient (Wildman–Crippen LogP) is -1.34. The van der Waals surface area contributed by atoms with Crippen LogP contribution < -0.4 is 32.3 Å². The van der Waals surface area contributed by atoms with E-state index in [0.717, 1.165) is 5.56 Å². The van der Waals surface area contributed by atoms with E-state index in [1.807, 2.05) is 6.26 Å². The fraction of sp³-hybridized carbons (Fsp3) is 0.379. The van der Waals surface area contributed by atoms with Crippen LogP contribution in [0.2, 0.25) is 0 Å². The smallest absolute Gasteiger partial charge is 0.326 e. The number of carboxylic acids is 1. The minimum absolute atomic E-state index is 0.0316. The van der Waals surface area contributed by atoms with E-state index in [2.05, 4.69) is 26.6 Å². The number of hydrogen-bond acceptors (Lipinski definition) is 9. The van der Waals surface area contributed by atoms with Crippen LogP contribution in [0.5, 0.6) is 5.75 Å². The lowest BCUT2D eigenvalue weighted by molar-refractivity contribution is -0.142. The van der Waals surface area contributed by atoms with Crippen LogP contribution in [0.1, 0.15) is 17.5 Å². The summed E-state index contributed by atoms with van der Waals surface area (Å²) < 4.78 is 0. The Morgan fingerprint density at radius 1 is 0.727 bits per heavy atom. The molecular weight excluding hydrogens is 592 g/mol. The van der Waals surface area contributed by atoms with Crippen molar-refractivity contribution in [2.45, 2.75) is 37.4 Å². The van der Waals surface area contributed by atoms with Gasteiger partial charge < -0.3 is 42.5 Å². The van der Waals surface area contributed by atoms with Gasteiger partial charge in [-0.3, -0.25) is 24.0 Å². The van der Waals surface area contributed by atoms with E-state index < -0.39 is 66.7 Å². The lowest BCUT2D eigenvalue weighted by Gasteiger charge is -2.22. The van der Waals surface area contributed by atoms with E-state index in [1.165, 1.54) is 23.9 Å². The molecule has 0 unspecified atom stereocenters. The zero-order chi connectivity index (χ0) is 32.5. The zero-order valence-corrected chi connectivity index (χ0v) is 25.0. The van der Waals surface area contributed by atoms with Crippen LogP contribution in [0.25, 0.3) is 0 Å². The number of rotatable bonds is 18. The maximum absolute atomic E-state index is 13.0. The molecule has 0 aliphatic rings. The van der Waals surface area contributed by atoms with Crippen molar-refractivity contribution in [2.24, 2.45) is 5.73 Å². The third-order valence-electron chi connectivity index (χ3n) is 6.24. The van der Waals surface area contributed by atoms with Gasteiger partial charge in [0, 0.05) is 12.8 Å². The first-order chi connectivity index (χ1) is 21.0. The molecule has 9 N–H and O–H groups in total. The number of carbonyl (C=O) groups excluding carboxylic acids is 5. The number of hydrogen-bond donors (Lipinski definition) is 8. The molecule has 0 radical (unpaired) electrons. The Labute approximate surface area is 258 Å². The van der Waals surface area contributed by atoms with Crippen LogP contribution in [-0.4, -0.2) is 95.5 Å². The molecule has 0 aliphatic heterocycles. The standard InChI is InChI=1S/C29H38N6O8S/c1-44-12-11-21(29(42)43)35-28(41)23(13-18-5-3-2-4-6-18)34-26(39)17-31-25(38)16-32-27(40)22(33-24(37)15-30)14-19-7-9-20(36)10-8-19/h2-10,21-23,36H,11-17,30H2,1H3,(H,31,38)(H,32,40)(H,33,37)(H,34,39)(H,35,41)(H,42,43)/t21-,22-,23-/m0/s1. The molecule has 238 valence electrons. The largest absolute Gasteiger partial charge is 0.508 e. The Bertz CT molecular complexity index is 1280. The maximum Gasteiger partial charge on any atom is 0.326 e. The van der Waals surface area contributed by atoms with Gasteiger partial charge in [0.25, 0.3) is 0 Å². The van der Waals surface area contributed by atoms with Crippen molar-refractivity contribution in [3.63, 3.8) is 0 Å². The van der Waals surface area contributed by atoms with E-state index in [9.17, 15) is 39.0 Å². The van der Waals surface area contributed by atoms with Crippen molar-refractivity contribution < 1.29 is 39.0 Å². The number of nitrogens with two attached hydrogens (primary N) is 1. The van der Waals surface area contributed by atoms with Crippen LogP contribution in [0, 0.1) is 0 Å². The van der Waals surface area contributed by atoms with E-state index in [0.29, 0.717) is 11.3 Å². The van der Waals surface area contributed by atoms with Crippen LogP contribution >= 0.6 is 11.8 Å². The molecule has 44 heavy (non-hydrogen) atoms. The van der Waals surface area contributed by atoms with E-state index in [4.69, 9.17) is 5.73 Å². The second-order valence-corrected chi connectivity index (χ2v) is 10.7. The average Bonchev–Trinajstić information content (AvgIpc) is 3.01. The quantitative estimate of drug-likeness (QED) is 0.0966. The van der Waals surface area contributed by atoms with Crippen LogP contribution in [0.4, 0.5) is 0 Å². The molecule has 14 nitrogen and oxygen atoms in total. The number of nitrogens with one attached hydrogen (secondary N) is 5. The van der Waals surface area contributed by atoms with E-state index in [1.54, 1.807) is 42.5 Å². The number of carboxylic acid groups (broad SMARTS) is 1. The van der Waals surface area contributed by atoms with Gasteiger partial charge in [0.15, 0.2) is 0 Å². The summed E-state index contributed by atoms with van der Waals surface area (Å²) in [5.41, 5.74) is 6.70. The SMILES string of the molecule is CSCC[C@H](NC(=O)[C@H](Cc1ccccc1)NC(=O)CNC(=O)CNC(=O)[C@H](Cc1ccc(O)cc1)NC(=O)CN)C(=O)O. The van der Waals surface area contributed by atoms with Gasteiger partial charge in [0.05, 0.1) is 19.6 Å². The molecule has 0 spiro atoms. The Balaban J connectivity index is 1.95. The highest BCUT2D eigenvalue weighted by molar-refractivity contribution is 7.98. The summed E-state index contributed by atoms with van der Waals surface area (Å²) >= 11 is 1.43. The van der Waals surface area contributed by atoms with Gasteiger partial charge in [-0.05, 0) is 41.7 Å². The van der Waals surface area contributed by atoms with Crippen molar-refractivity contribution in [3.8, 4) is 5.75 Å². The summed E-state index contributed by atoms with van der Waals surface area (Å²) in [7, 11) is 0. The molecule has 0 bridgehead atoms. The lowest BCUT2D eigenvalue weighted by Crippen LogP contribution is -2.54. The first-order valence-corrected chi connectivity index (χ1v) is 15.1. The Morgan fingerprint density at radius 2 is 1.30 bits per heavy atom. The van der Waals surface area contributed by atoms with Gasteiger partial charge in [-0.1, -0.05) is 42.5 Å². The number of phenolic OH excluding ortho intramolecular Hbond substituents is 1. The molecule has 0 saturated heterocycles. The van der Waals surface area contributed by atoms with Gasteiger partial charge in [-0.2, -0.15) is 11.8 Å². The Hall–Kier alpha value is -4.63. The first kappa shape index (κ1) is 35.6. The molecule has 15 heteroatoms. The molecule has 0 saturated carbocycles. The van der Waals surface area contributed by atoms with Gasteiger partial charge >= 0.3 is 5.97 Å². The summed E-state index contributed by atoms with van der Waals surface area (Å²) in [5, 5.41) is 31.2. The molecule has 2 aromatic carbocycles. The fourth-order valence-corrected chi connectivity index (χ4v) is 4.40. The Morgan fingerprint density at radius 3 is 1.89 bits per heavy atom. The number of thioether (sulfide) groups is 1. The summed E-state index contributed by atoms with van der Waals surface area (Å²) in [6.07, 6.45) is 2.15. The van der Waals surface area contributed by atoms with Gasteiger partial charge in [-0.25, -0.2) is 4.79 Å². The number of amides is 5. The number of aromatic hydroxyl groups is 1. The number of phenols is 1. The minimum atomic E-state index is -1.20. The van der Waals surface area contributed by atoms with Crippen molar-refractivity contribution in [3.05, 3.63) is 65.7 Å². The monoisotopic (exact) mass is 630 g/mol. The fourth-order valence-electron chi connectivity index (χ4n) is 3.93. The average molecular weight is 631 g/mol.